The molecular weight excluding hydrogens is 314 g/mol. The fourth-order valence-electron chi connectivity index (χ4n) is 1.31. The van der Waals surface area contributed by atoms with Crippen LogP contribution in [0.15, 0.2) is 62.0 Å². The van der Waals surface area contributed by atoms with Crippen LogP contribution in [0, 0.1) is 0 Å². The molecule has 0 radical (unpaired) electrons. The molecule has 2 aromatic rings. The number of hydrogen-bond acceptors (Lipinski definition) is 4. The first-order chi connectivity index (χ1) is 8.69. The lowest BCUT2D eigenvalue weighted by Crippen LogP contribution is -2.14. The van der Waals surface area contributed by atoms with E-state index in [1.807, 2.05) is 30.3 Å². The molecule has 4 nitrogen and oxygen atoms in total. The first kappa shape index (κ1) is 12.9. The Labute approximate surface area is 117 Å². The molecule has 0 bridgehead atoms. The Bertz CT molecular complexity index is 572. The minimum absolute atomic E-state index is 0.00834. The van der Waals surface area contributed by atoms with Gasteiger partial charge in [-0.25, -0.2) is 0 Å². The van der Waals surface area contributed by atoms with E-state index in [9.17, 15) is 0 Å². The van der Waals surface area contributed by atoms with Crippen molar-refractivity contribution in [1.82, 2.24) is 4.98 Å². The minimum atomic E-state index is 0.00834. The number of halogens is 1. The Morgan fingerprint density at radius 3 is 2.72 bits per heavy atom. The lowest BCUT2D eigenvalue weighted by Gasteiger charge is -2.03. The van der Waals surface area contributed by atoms with Crippen LogP contribution in [0.25, 0.3) is 0 Å². The predicted molar refractivity (Wildman–Crippen MR) is 75.0 cm³/mol. The van der Waals surface area contributed by atoms with Gasteiger partial charge in [-0.1, -0.05) is 38.9 Å². The molecule has 0 aliphatic heterocycles. The molecule has 0 spiro atoms. The van der Waals surface area contributed by atoms with Gasteiger partial charge < -0.3 is 10.9 Å². The van der Waals surface area contributed by atoms with E-state index in [4.69, 9.17) is 10.9 Å². The largest absolute Gasteiger partial charge is 0.409 e. The number of oxime groups is 1. The summed E-state index contributed by atoms with van der Waals surface area (Å²) in [5.41, 5.74) is 5.90. The molecule has 0 unspecified atom stereocenters. The molecule has 0 saturated heterocycles. The topological polar surface area (TPSA) is 71.5 Å². The smallest absolute Gasteiger partial charge is 0.188 e. The van der Waals surface area contributed by atoms with Crippen LogP contribution in [-0.2, 0) is 0 Å². The Balaban J connectivity index is 2.16. The Morgan fingerprint density at radius 1 is 1.28 bits per heavy atom. The number of benzene rings is 1. The molecule has 3 N–H and O–H groups in total. The highest BCUT2D eigenvalue weighted by Crippen LogP contribution is 2.28. The van der Waals surface area contributed by atoms with Gasteiger partial charge in [-0.2, -0.15) is 0 Å². The van der Waals surface area contributed by atoms with Gasteiger partial charge >= 0.3 is 0 Å². The molecule has 0 atom stereocenters. The summed E-state index contributed by atoms with van der Waals surface area (Å²) in [7, 11) is 0. The molecule has 0 fully saturated rings. The molecule has 0 aliphatic carbocycles. The van der Waals surface area contributed by atoms with Crippen molar-refractivity contribution in [3.8, 4) is 0 Å². The summed E-state index contributed by atoms with van der Waals surface area (Å²) in [4.78, 5) is 6.22. The van der Waals surface area contributed by atoms with Gasteiger partial charge in [0, 0.05) is 20.5 Å². The Hall–Kier alpha value is -1.53. The number of aromatic nitrogens is 1. The van der Waals surface area contributed by atoms with Gasteiger partial charge in [0.25, 0.3) is 0 Å². The zero-order valence-electron chi connectivity index (χ0n) is 9.25. The third-order valence-corrected chi connectivity index (χ3v) is 3.60. The summed E-state index contributed by atoms with van der Waals surface area (Å²) in [5.74, 6) is 0.00834. The number of rotatable bonds is 3. The van der Waals surface area contributed by atoms with E-state index in [1.54, 1.807) is 24.0 Å². The summed E-state index contributed by atoms with van der Waals surface area (Å²) in [6, 6.07) is 11.6. The van der Waals surface area contributed by atoms with E-state index >= 15 is 0 Å². The summed E-state index contributed by atoms with van der Waals surface area (Å²) in [5, 5.41) is 11.4. The van der Waals surface area contributed by atoms with Crippen molar-refractivity contribution in [3.05, 3.63) is 52.8 Å². The molecule has 6 heteroatoms. The van der Waals surface area contributed by atoms with Crippen LogP contribution in [0.3, 0.4) is 0 Å². The van der Waals surface area contributed by atoms with Gasteiger partial charge in [-0.15, -0.1) is 0 Å². The van der Waals surface area contributed by atoms with Crippen molar-refractivity contribution >= 4 is 33.5 Å². The van der Waals surface area contributed by atoms with Crippen LogP contribution < -0.4 is 5.73 Å². The van der Waals surface area contributed by atoms with Crippen molar-refractivity contribution in [1.29, 1.82) is 0 Å². The average Bonchev–Trinajstić information content (AvgIpc) is 2.39. The second kappa shape index (κ2) is 5.88. The van der Waals surface area contributed by atoms with E-state index in [1.165, 1.54) is 0 Å². The lowest BCUT2D eigenvalue weighted by atomic mass is 10.3. The molecule has 1 heterocycles. The van der Waals surface area contributed by atoms with Crippen molar-refractivity contribution in [2.24, 2.45) is 10.9 Å². The number of pyridine rings is 1. The second-order valence-electron chi connectivity index (χ2n) is 3.42. The quantitative estimate of drug-likeness (QED) is 0.394. The Kier molecular flexibility index (Phi) is 4.22. The minimum Gasteiger partial charge on any atom is -0.409 e. The highest BCUT2D eigenvalue weighted by Gasteiger charge is 2.02. The molecule has 2 rings (SSSR count). The van der Waals surface area contributed by atoms with Gasteiger partial charge in [-0.05, 0) is 30.3 Å². The highest BCUT2D eigenvalue weighted by molar-refractivity contribution is 9.10. The molecule has 92 valence electrons. The zero-order chi connectivity index (χ0) is 13.0. The van der Waals surface area contributed by atoms with Crippen molar-refractivity contribution in [3.63, 3.8) is 0 Å². The number of amidine groups is 1. The lowest BCUT2D eigenvalue weighted by molar-refractivity contribution is 0.318. The van der Waals surface area contributed by atoms with Crippen LogP contribution in [0.1, 0.15) is 5.69 Å². The molecular formula is C12H10BrN3OS. The maximum absolute atomic E-state index is 8.54. The molecule has 0 amide bonds. The van der Waals surface area contributed by atoms with Gasteiger partial charge in [-0.3, -0.25) is 4.98 Å². The molecule has 0 aliphatic rings. The predicted octanol–water partition coefficient (Wildman–Crippen LogP) is 3.09. The fourth-order valence-corrected chi connectivity index (χ4v) is 2.71. The van der Waals surface area contributed by atoms with E-state index < -0.39 is 0 Å². The standard InChI is InChI=1S/C12H10BrN3OS/c13-8-2-1-3-9(6-8)18-10-4-5-11(15-7-10)12(14)16-17/h1-7,17H,(H2,14,16). The van der Waals surface area contributed by atoms with E-state index in [2.05, 4.69) is 26.1 Å². The van der Waals surface area contributed by atoms with Crippen LogP contribution in [0.5, 0.6) is 0 Å². The van der Waals surface area contributed by atoms with Gasteiger partial charge in [0.1, 0.15) is 5.69 Å². The van der Waals surface area contributed by atoms with Crippen molar-refractivity contribution in [2.45, 2.75) is 9.79 Å². The summed E-state index contributed by atoms with van der Waals surface area (Å²) in [6.07, 6.45) is 1.69. The maximum atomic E-state index is 8.54. The van der Waals surface area contributed by atoms with Gasteiger partial charge in [0.2, 0.25) is 0 Å². The molecule has 1 aromatic carbocycles. The summed E-state index contributed by atoms with van der Waals surface area (Å²) < 4.78 is 1.04. The van der Waals surface area contributed by atoms with E-state index in [-0.39, 0.29) is 5.84 Å². The van der Waals surface area contributed by atoms with E-state index in [0.717, 1.165) is 14.3 Å². The summed E-state index contributed by atoms with van der Waals surface area (Å²) in [6.45, 7) is 0. The molecule has 1 aromatic heterocycles. The summed E-state index contributed by atoms with van der Waals surface area (Å²) >= 11 is 5.02. The SMILES string of the molecule is N/C(=N/O)c1ccc(Sc2cccc(Br)c2)cn1. The normalized spacial score (nSPS) is 11.5. The number of nitrogens with zero attached hydrogens (tertiary/aromatic N) is 2. The van der Waals surface area contributed by atoms with Crippen molar-refractivity contribution in [2.75, 3.05) is 0 Å². The highest BCUT2D eigenvalue weighted by atomic mass is 79.9. The van der Waals surface area contributed by atoms with Gasteiger partial charge in [0.15, 0.2) is 5.84 Å². The van der Waals surface area contributed by atoms with Crippen LogP contribution in [0.4, 0.5) is 0 Å². The van der Waals surface area contributed by atoms with Crippen LogP contribution >= 0.6 is 27.7 Å². The zero-order valence-corrected chi connectivity index (χ0v) is 11.6. The second-order valence-corrected chi connectivity index (χ2v) is 5.49. The van der Waals surface area contributed by atoms with Gasteiger partial charge in [0.05, 0.1) is 0 Å². The average molecular weight is 324 g/mol. The monoisotopic (exact) mass is 323 g/mol. The Morgan fingerprint density at radius 2 is 2.11 bits per heavy atom. The number of hydrogen-bond donors (Lipinski definition) is 2. The van der Waals surface area contributed by atoms with Crippen LogP contribution in [0.2, 0.25) is 0 Å². The molecule has 0 saturated carbocycles. The first-order valence-corrected chi connectivity index (χ1v) is 6.67. The third kappa shape index (κ3) is 3.24. The third-order valence-electron chi connectivity index (χ3n) is 2.14. The molecule has 18 heavy (non-hydrogen) atoms. The van der Waals surface area contributed by atoms with E-state index in [0.29, 0.717) is 5.69 Å². The van der Waals surface area contributed by atoms with Crippen molar-refractivity contribution < 1.29 is 5.21 Å². The fraction of sp³-hybridized carbons (Fsp3) is 0. The first-order valence-electron chi connectivity index (χ1n) is 5.06. The van der Waals surface area contributed by atoms with Crippen LogP contribution in [-0.4, -0.2) is 16.0 Å². The maximum Gasteiger partial charge on any atom is 0.188 e. The number of nitrogens with two attached hydrogens (primary N) is 1.